The zero-order valence-electron chi connectivity index (χ0n) is 16.5. The van der Waals surface area contributed by atoms with E-state index in [1.54, 1.807) is 27.4 Å². The number of hydrogen-bond donors (Lipinski definition) is 3. The predicted octanol–water partition coefficient (Wildman–Crippen LogP) is 2.81. The summed E-state index contributed by atoms with van der Waals surface area (Å²) in [6, 6.07) is 7.93. The Morgan fingerprint density at radius 3 is 2.21 bits per heavy atom. The van der Waals surface area contributed by atoms with Crippen LogP contribution < -0.4 is 24.8 Å². The molecular formula is C20H26FN3O4. The fourth-order valence-corrected chi connectivity index (χ4v) is 2.58. The number of benzene rings is 2. The van der Waals surface area contributed by atoms with E-state index in [9.17, 15) is 9.50 Å². The minimum absolute atomic E-state index is 0.359. The van der Waals surface area contributed by atoms with Gasteiger partial charge in [-0.1, -0.05) is 6.07 Å². The second kappa shape index (κ2) is 10.2. The lowest BCUT2D eigenvalue weighted by molar-refractivity contribution is 0.324. The molecule has 0 heterocycles. The van der Waals surface area contributed by atoms with Gasteiger partial charge < -0.3 is 30.0 Å². The van der Waals surface area contributed by atoms with E-state index in [0.29, 0.717) is 48.4 Å². The van der Waals surface area contributed by atoms with Crippen molar-refractivity contribution in [1.29, 1.82) is 0 Å². The van der Waals surface area contributed by atoms with Crippen molar-refractivity contribution in [3.8, 4) is 23.0 Å². The van der Waals surface area contributed by atoms with Gasteiger partial charge in [0.15, 0.2) is 29.0 Å². The third-order valence-corrected chi connectivity index (χ3v) is 3.96. The second-order valence-corrected chi connectivity index (χ2v) is 5.87. The monoisotopic (exact) mass is 391 g/mol. The molecule has 28 heavy (non-hydrogen) atoms. The van der Waals surface area contributed by atoms with Crippen molar-refractivity contribution in [3.05, 3.63) is 47.3 Å². The van der Waals surface area contributed by atoms with Crippen LogP contribution in [0.5, 0.6) is 23.0 Å². The molecule has 0 aliphatic carbocycles. The summed E-state index contributed by atoms with van der Waals surface area (Å²) in [4.78, 5) is 4.54. The van der Waals surface area contributed by atoms with E-state index < -0.39 is 5.82 Å². The van der Waals surface area contributed by atoms with E-state index in [2.05, 4.69) is 15.6 Å². The van der Waals surface area contributed by atoms with Crippen LogP contribution >= 0.6 is 0 Å². The number of hydrogen-bond acceptors (Lipinski definition) is 5. The van der Waals surface area contributed by atoms with Crippen molar-refractivity contribution in [2.45, 2.75) is 20.0 Å². The van der Waals surface area contributed by atoms with Crippen LogP contribution in [0.4, 0.5) is 4.39 Å². The molecule has 0 saturated heterocycles. The Morgan fingerprint density at radius 1 is 1.00 bits per heavy atom. The number of rotatable bonds is 8. The van der Waals surface area contributed by atoms with Gasteiger partial charge in [-0.3, -0.25) is 0 Å². The zero-order valence-corrected chi connectivity index (χ0v) is 16.5. The minimum atomic E-state index is -0.654. The van der Waals surface area contributed by atoms with Crippen molar-refractivity contribution >= 4 is 5.96 Å². The smallest absolute Gasteiger partial charge is 0.203 e. The van der Waals surface area contributed by atoms with Crippen LogP contribution in [0, 0.1) is 5.82 Å². The van der Waals surface area contributed by atoms with Crippen LogP contribution in [0.3, 0.4) is 0 Å². The van der Waals surface area contributed by atoms with E-state index in [1.165, 1.54) is 12.1 Å². The largest absolute Gasteiger partial charge is 0.505 e. The van der Waals surface area contributed by atoms with E-state index in [1.807, 2.05) is 19.1 Å². The van der Waals surface area contributed by atoms with E-state index in [4.69, 9.17) is 14.2 Å². The Hall–Kier alpha value is -3.16. The van der Waals surface area contributed by atoms with Crippen LogP contribution in [-0.2, 0) is 13.1 Å². The van der Waals surface area contributed by atoms with E-state index >= 15 is 0 Å². The van der Waals surface area contributed by atoms with Crippen LogP contribution in [0.1, 0.15) is 18.1 Å². The first-order chi connectivity index (χ1) is 13.5. The number of halogens is 1. The van der Waals surface area contributed by atoms with Gasteiger partial charge in [0.05, 0.1) is 27.9 Å². The number of phenols is 1. The summed E-state index contributed by atoms with van der Waals surface area (Å²) in [5, 5.41) is 15.6. The predicted molar refractivity (Wildman–Crippen MR) is 106 cm³/mol. The molecule has 2 aromatic rings. The van der Waals surface area contributed by atoms with Gasteiger partial charge in [-0.2, -0.15) is 0 Å². The highest BCUT2D eigenvalue weighted by molar-refractivity contribution is 5.79. The lowest BCUT2D eigenvalue weighted by Crippen LogP contribution is -2.36. The standard InChI is InChI=1S/C20H26FN3O4/c1-5-22-20(23-11-13-6-7-16(25)15(21)8-13)24-12-14-9-17(26-2)19(28-4)18(10-14)27-3/h6-10,25H,5,11-12H2,1-4H3,(H2,22,23,24). The Balaban J connectivity index is 2.14. The lowest BCUT2D eigenvalue weighted by Gasteiger charge is -2.14. The van der Waals surface area contributed by atoms with Gasteiger partial charge in [-0.05, 0) is 42.3 Å². The normalized spacial score (nSPS) is 11.1. The molecule has 0 spiro atoms. The molecular weight excluding hydrogens is 365 g/mol. The van der Waals surface area contributed by atoms with E-state index in [-0.39, 0.29) is 5.75 Å². The van der Waals surface area contributed by atoms with Gasteiger partial charge in [0, 0.05) is 13.1 Å². The maximum atomic E-state index is 13.5. The van der Waals surface area contributed by atoms with Crippen molar-refractivity contribution < 1.29 is 23.7 Å². The summed E-state index contributed by atoms with van der Waals surface area (Å²) in [7, 11) is 4.68. The average Bonchev–Trinajstić information content (AvgIpc) is 2.71. The highest BCUT2D eigenvalue weighted by Crippen LogP contribution is 2.38. The molecule has 0 fully saturated rings. The third kappa shape index (κ3) is 5.42. The molecule has 8 heteroatoms. The van der Waals surface area contributed by atoms with Gasteiger partial charge in [-0.25, -0.2) is 9.38 Å². The Bertz CT molecular complexity index is 802. The first-order valence-corrected chi connectivity index (χ1v) is 8.80. The fourth-order valence-electron chi connectivity index (χ4n) is 2.58. The molecule has 0 saturated carbocycles. The average molecular weight is 391 g/mol. The van der Waals surface area contributed by atoms with Gasteiger partial charge in [-0.15, -0.1) is 0 Å². The Kier molecular flexibility index (Phi) is 7.74. The molecule has 7 nitrogen and oxygen atoms in total. The summed E-state index contributed by atoms with van der Waals surface area (Å²) in [6.07, 6.45) is 0. The topological polar surface area (TPSA) is 84.3 Å². The summed E-state index contributed by atoms with van der Waals surface area (Å²) in [5.41, 5.74) is 1.57. The van der Waals surface area contributed by atoms with Gasteiger partial charge in [0.2, 0.25) is 5.75 Å². The maximum Gasteiger partial charge on any atom is 0.203 e. The van der Waals surface area contributed by atoms with Crippen LogP contribution in [0.25, 0.3) is 0 Å². The van der Waals surface area contributed by atoms with Gasteiger partial charge >= 0.3 is 0 Å². The number of nitrogens with one attached hydrogen (secondary N) is 2. The molecule has 152 valence electrons. The molecule has 3 N–H and O–H groups in total. The highest BCUT2D eigenvalue weighted by atomic mass is 19.1. The Labute approximate surface area is 164 Å². The molecule has 0 unspecified atom stereocenters. The molecule has 0 radical (unpaired) electrons. The number of guanidine groups is 1. The summed E-state index contributed by atoms with van der Waals surface area (Å²) < 4.78 is 29.5. The molecule has 0 amide bonds. The van der Waals surface area contributed by atoms with Crippen LogP contribution in [-0.4, -0.2) is 38.9 Å². The third-order valence-electron chi connectivity index (χ3n) is 3.96. The van der Waals surface area contributed by atoms with Gasteiger partial charge in [0.1, 0.15) is 0 Å². The number of phenolic OH excluding ortho intramolecular Hbond substituents is 1. The summed E-state index contributed by atoms with van der Waals surface area (Å²) in [6.45, 7) is 3.36. The summed E-state index contributed by atoms with van der Waals surface area (Å²) >= 11 is 0. The number of aliphatic imine (C=N–C) groups is 1. The number of ether oxygens (including phenoxy) is 3. The highest BCUT2D eigenvalue weighted by Gasteiger charge is 2.13. The number of nitrogens with zero attached hydrogens (tertiary/aromatic N) is 1. The first kappa shape index (κ1) is 21.1. The first-order valence-electron chi connectivity index (χ1n) is 8.80. The van der Waals surface area contributed by atoms with E-state index in [0.717, 1.165) is 5.56 Å². The van der Waals surface area contributed by atoms with Crippen molar-refractivity contribution in [2.75, 3.05) is 27.9 Å². The minimum Gasteiger partial charge on any atom is -0.505 e. The maximum absolute atomic E-state index is 13.5. The van der Waals surface area contributed by atoms with Crippen LogP contribution in [0.15, 0.2) is 35.3 Å². The fraction of sp³-hybridized carbons (Fsp3) is 0.350. The number of aromatic hydroxyl groups is 1. The second-order valence-electron chi connectivity index (χ2n) is 5.87. The van der Waals surface area contributed by atoms with Crippen LogP contribution in [0.2, 0.25) is 0 Å². The SMILES string of the molecule is CCNC(=NCc1cc(OC)c(OC)c(OC)c1)NCc1ccc(O)c(F)c1. The summed E-state index contributed by atoms with van der Waals surface area (Å²) in [5.74, 6) is 1.20. The molecule has 0 atom stereocenters. The lowest BCUT2D eigenvalue weighted by atomic mass is 10.2. The molecule has 2 rings (SSSR count). The molecule has 0 aromatic heterocycles. The Morgan fingerprint density at radius 2 is 1.68 bits per heavy atom. The molecule has 0 aliphatic heterocycles. The van der Waals surface area contributed by atoms with Gasteiger partial charge in [0.25, 0.3) is 0 Å². The zero-order chi connectivity index (χ0) is 20.5. The van der Waals surface area contributed by atoms with Crippen molar-refractivity contribution in [2.24, 2.45) is 4.99 Å². The molecule has 0 bridgehead atoms. The van der Waals surface area contributed by atoms with Crippen molar-refractivity contribution in [1.82, 2.24) is 10.6 Å². The molecule has 0 aliphatic rings. The van der Waals surface area contributed by atoms with Crippen molar-refractivity contribution in [3.63, 3.8) is 0 Å². The quantitative estimate of drug-likeness (QED) is 0.474. The molecule has 2 aromatic carbocycles. The number of methoxy groups -OCH3 is 3.